The molecule has 3 aromatic carbocycles. The van der Waals surface area contributed by atoms with Gasteiger partial charge in [0.2, 0.25) is 10.0 Å². The van der Waals surface area contributed by atoms with E-state index in [0.29, 0.717) is 44.5 Å². The van der Waals surface area contributed by atoms with Crippen molar-refractivity contribution in [1.29, 1.82) is 0 Å². The number of carbonyl (C=O) groups is 1. The maximum Gasteiger partial charge on any atom is 0.409 e. The molecule has 0 atom stereocenters. The molecule has 4 rings (SSSR count). The van der Waals surface area contributed by atoms with Gasteiger partial charge in [-0.05, 0) is 67.8 Å². The van der Waals surface area contributed by atoms with Crippen molar-refractivity contribution < 1.29 is 17.9 Å². The number of nitrogens with zero attached hydrogens (tertiary/aromatic N) is 1. The van der Waals surface area contributed by atoms with Crippen molar-refractivity contribution in [2.45, 2.75) is 51.1 Å². The number of hydrogen-bond acceptors (Lipinski definition) is 5. The van der Waals surface area contributed by atoms with Gasteiger partial charge in [0.05, 0.1) is 11.5 Å². The second-order valence-corrected chi connectivity index (χ2v) is 10.6. The minimum atomic E-state index is -3.74. The van der Waals surface area contributed by atoms with Gasteiger partial charge in [0.1, 0.15) is 0 Å². The summed E-state index contributed by atoms with van der Waals surface area (Å²) in [5.74, 6) is 0. The third-order valence-electron chi connectivity index (χ3n) is 6.68. The van der Waals surface area contributed by atoms with Crippen LogP contribution in [-0.2, 0) is 21.3 Å². The van der Waals surface area contributed by atoms with Crippen molar-refractivity contribution in [2.24, 2.45) is 0 Å². The molecule has 0 unspecified atom stereocenters. The highest BCUT2D eigenvalue weighted by Crippen LogP contribution is 2.28. The summed E-state index contributed by atoms with van der Waals surface area (Å²) in [7, 11) is -3.74. The van der Waals surface area contributed by atoms with Crippen LogP contribution in [0.4, 0.5) is 10.5 Å². The fraction of sp³-hybridized carbons (Fsp3) is 0.370. The largest absolute Gasteiger partial charge is 0.450 e. The van der Waals surface area contributed by atoms with Crippen LogP contribution < -0.4 is 10.0 Å². The van der Waals surface area contributed by atoms with Gasteiger partial charge in [-0.15, -0.1) is 0 Å². The van der Waals surface area contributed by atoms with E-state index in [9.17, 15) is 13.2 Å². The second kappa shape index (κ2) is 10.7. The maximum atomic E-state index is 13.4. The van der Waals surface area contributed by atoms with E-state index in [4.69, 9.17) is 4.74 Å². The number of aryl methyl sites for hydroxylation is 1. The Hall–Kier alpha value is -3.10. The number of ether oxygens (including phenoxy) is 1. The predicted molar refractivity (Wildman–Crippen MR) is 139 cm³/mol. The van der Waals surface area contributed by atoms with E-state index < -0.39 is 10.0 Å². The first kappa shape index (κ1) is 25.0. The van der Waals surface area contributed by atoms with Gasteiger partial charge in [-0.1, -0.05) is 42.5 Å². The number of anilines is 1. The zero-order valence-corrected chi connectivity index (χ0v) is 21.3. The summed E-state index contributed by atoms with van der Waals surface area (Å²) in [5.41, 5.74) is 4.53. The van der Waals surface area contributed by atoms with E-state index in [1.807, 2.05) is 36.4 Å². The zero-order chi connectivity index (χ0) is 25.0. The van der Waals surface area contributed by atoms with Crippen molar-refractivity contribution in [3.05, 3.63) is 71.3 Å². The Bertz CT molecular complexity index is 1320. The number of rotatable bonds is 7. The summed E-state index contributed by atoms with van der Waals surface area (Å²) in [6.07, 6.45) is 0.756. The summed E-state index contributed by atoms with van der Waals surface area (Å²) in [5, 5.41) is 5.11. The lowest BCUT2D eigenvalue weighted by Crippen LogP contribution is -2.46. The molecule has 7 nitrogen and oxygen atoms in total. The van der Waals surface area contributed by atoms with Gasteiger partial charge in [-0.2, -0.15) is 0 Å². The molecule has 1 saturated heterocycles. The normalized spacial score (nSPS) is 14.8. The lowest BCUT2D eigenvalue weighted by atomic mass is 10.0. The van der Waals surface area contributed by atoms with Gasteiger partial charge in [-0.25, -0.2) is 17.9 Å². The van der Waals surface area contributed by atoms with E-state index in [1.165, 1.54) is 11.1 Å². The summed E-state index contributed by atoms with van der Waals surface area (Å²) >= 11 is 0. The molecule has 186 valence electrons. The van der Waals surface area contributed by atoms with Crippen molar-refractivity contribution in [3.8, 4) is 0 Å². The Balaban J connectivity index is 1.52. The number of hydrogen-bond donors (Lipinski definition) is 2. The summed E-state index contributed by atoms with van der Waals surface area (Å²) in [4.78, 5) is 13.8. The fourth-order valence-electron chi connectivity index (χ4n) is 4.53. The van der Waals surface area contributed by atoms with E-state index >= 15 is 0 Å². The monoisotopic (exact) mass is 495 g/mol. The van der Waals surface area contributed by atoms with Crippen LogP contribution in [0.5, 0.6) is 0 Å². The SMILES string of the molecule is CCOC(=O)N1CCC(NS(=O)(=O)c2ccc(CNc3cccc(C)c3C)c3ccccc23)CC1. The Kier molecular flexibility index (Phi) is 7.62. The summed E-state index contributed by atoms with van der Waals surface area (Å²) in [6.45, 7) is 7.80. The second-order valence-electron chi connectivity index (χ2n) is 8.95. The van der Waals surface area contributed by atoms with E-state index in [2.05, 4.69) is 36.0 Å². The van der Waals surface area contributed by atoms with Crippen LogP contribution in [-0.4, -0.2) is 45.1 Å². The topological polar surface area (TPSA) is 87.7 Å². The van der Waals surface area contributed by atoms with Crippen molar-refractivity contribution in [3.63, 3.8) is 0 Å². The predicted octanol–water partition coefficient (Wildman–Crippen LogP) is 4.97. The van der Waals surface area contributed by atoms with E-state index in [1.54, 1.807) is 17.9 Å². The molecule has 0 radical (unpaired) electrons. The first-order chi connectivity index (χ1) is 16.8. The van der Waals surface area contributed by atoms with Crippen LogP contribution in [0.2, 0.25) is 0 Å². The van der Waals surface area contributed by atoms with Crippen LogP contribution >= 0.6 is 0 Å². The van der Waals surface area contributed by atoms with Crippen molar-refractivity contribution >= 4 is 32.6 Å². The number of piperidine rings is 1. The van der Waals surface area contributed by atoms with E-state index in [0.717, 1.165) is 16.6 Å². The first-order valence-electron chi connectivity index (χ1n) is 12.0. The minimum absolute atomic E-state index is 0.227. The number of likely N-dealkylation sites (tertiary alicyclic amines) is 1. The Morgan fingerprint density at radius 1 is 1.00 bits per heavy atom. The highest BCUT2D eigenvalue weighted by Gasteiger charge is 2.28. The number of benzene rings is 3. The van der Waals surface area contributed by atoms with Crippen molar-refractivity contribution in [1.82, 2.24) is 9.62 Å². The Morgan fingerprint density at radius 2 is 1.71 bits per heavy atom. The number of sulfonamides is 1. The first-order valence-corrected chi connectivity index (χ1v) is 13.5. The summed E-state index contributed by atoms with van der Waals surface area (Å²) < 4.78 is 34.7. The Labute approximate surface area is 207 Å². The molecule has 1 aliphatic rings. The zero-order valence-electron chi connectivity index (χ0n) is 20.5. The fourth-order valence-corrected chi connectivity index (χ4v) is 6.05. The third-order valence-corrected chi connectivity index (χ3v) is 8.26. The molecule has 2 N–H and O–H groups in total. The molecule has 1 heterocycles. The lowest BCUT2D eigenvalue weighted by molar-refractivity contribution is 0.0966. The lowest BCUT2D eigenvalue weighted by Gasteiger charge is -2.31. The average Bonchev–Trinajstić information content (AvgIpc) is 2.85. The van der Waals surface area contributed by atoms with Gasteiger partial charge in [0, 0.05) is 36.7 Å². The molecule has 0 aliphatic carbocycles. The maximum absolute atomic E-state index is 13.4. The average molecular weight is 496 g/mol. The van der Waals surface area contributed by atoms with Gasteiger partial charge >= 0.3 is 6.09 Å². The number of carbonyl (C=O) groups excluding carboxylic acids is 1. The molecule has 0 saturated carbocycles. The van der Waals surface area contributed by atoms with Gasteiger partial charge in [-0.3, -0.25) is 0 Å². The molecule has 1 fully saturated rings. The number of nitrogens with one attached hydrogen (secondary N) is 2. The smallest absolute Gasteiger partial charge is 0.409 e. The van der Waals surface area contributed by atoms with Crippen LogP contribution in [0.15, 0.2) is 59.5 Å². The molecule has 0 spiro atoms. The standard InChI is InChI=1S/C27H33N3O4S/c1-4-34-27(31)30-16-14-22(15-17-30)29-35(32,33)26-13-12-21(23-9-5-6-10-24(23)26)18-28-25-11-7-8-19(2)20(25)3/h5-13,22,28-29H,4,14-18H2,1-3H3. The third kappa shape index (κ3) is 5.60. The van der Waals surface area contributed by atoms with Gasteiger partial charge in [0.15, 0.2) is 0 Å². The van der Waals surface area contributed by atoms with Gasteiger partial charge in [0.25, 0.3) is 0 Å². The Morgan fingerprint density at radius 3 is 2.43 bits per heavy atom. The molecule has 1 aliphatic heterocycles. The summed E-state index contributed by atoms with van der Waals surface area (Å²) in [6, 6.07) is 17.1. The highest BCUT2D eigenvalue weighted by atomic mass is 32.2. The van der Waals surface area contributed by atoms with Crippen LogP contribution in [0.25, 0.3) is 10.8 Å². The molecule has 0 bridgehead atoms. The van der Waals surface area contributed by atoms with Crippen molar-refractivity contribution in [2.75, 3.05) is 25.0 Å². The number of fused-ring (bicyclic) bond motifs is 1. The molecule has 35 heavy (non-hydrogen) atoms. The molecule has 8 heteroatoms. The van der Waals surface area contributed by atoms with Crippen LogP contribution in [0.1, 0.15) is 36.5 Å². The minimum Gasteiger partial charge on any atom is -0.450 e. The van der Waals surface area contributed by atoms with Crippen LogP contribution in [0.3, 0.4) is 0 Å². The van der Waals surface area contributed by atoms with Gasteiger partial charge < -0.3 is 15.0 Å². The molecular weight excluding hydrogens is 462 g/mol. The molecular formula is C27H33N3O4S. The molecule has 0 aromatic heterocycles. The van der Waals surface area contributed by atoms with E-state index in [-0.39, 0.29) is 17.0 Å². The molecule has 1 amide bonds. The highest BCUT2D eigenvalue weighted by molar-refractivity contribution is 7.89. The molecule has 3 aromatic rings. The number of amides is 1. The quantitative estimate of drug-likeness (QED) is 0.483. The van der Waals surface area contributed by atoms with Crippen LogP contribution in [0, 0.1) is 13.8 Å².